The molecule has 0 aliphatic rings. The van der Waals surface area contributed by atoms with Crippen LogP contribution in [0.3, 0.4) is 0 Å². The van der Waals surface area contributed by atoms with Gasteiger partial charge in [0.25, 0.3) is 0 Å². The molecular weight excluding hydrogens is 162 g/mol. The average molecular weight is 166 g/mol. The molecule has 0 aromatic rings. The van der Waals surface area contributed by atoms with Gasteiger partial charge in [0.1, 0.15) is 0 Å². The van der Waals surface area contributed by atoms with E-state index in [9.17, 15) is 0 Å². The molecule has 30 valence electrons. The third-order valence-electron chi connectivity index (χ3n) is 0. The second-order valence-electron chi connectivity index (χ2n) is 0.238. The van der Waals surface area contributed by atoms with Gasteiger partial charge in [-0.3, -0.25) is 0 Å². The van der Waals surface area contributed by atoms with Crippen molar-refractivity contribution in [2.45, 2.75) is 0 Å². The Morgan fingerprint density at radius 2 is 1.33 bits per heavy atom. The average Bonchev–Trinajstić information content (AvgIpc) is 0.811. The predicted molar refractivity (Wildman–Crippen MR) is 19.3 cm³/mol. The molecule has 0 aliphatic heterocycles. The Balaban J connectivity index is -0.0000000450. The molecule has 0 saturated carbocycles. The third kappa shape index (κ3) is 32.4. The molecule has 0 spiro atoms. The van der Waals surface area contributed by atoms with E-state index >= 15 is 0 Å². The van der Waals surface area contributed by atoms with Gasteiger partial charge in [0.2, 0.25) is 0 Å². The Kier molecular flexibility index (Phi) is 27.3. The molecule has 3 nitrogen and oxygen atoms in total. The number of rotatable bonds is 0. The van der Waals surface area contributed by atoms with Crippen LogP contribution < -0.4 is 0 Å². The summed E-state index contributed by atoms with van der Waals surface area (Å²) in [4.78, 5) is 0. The normalized spacial score (nSPS) is 4.17. The van der Waals surface area contributed by atoms with Gasteiger partial charge >= 0.3 is 94.1 Å². The SMILES string of the molecule is [CaH2].[NaH].[O]=[V](=[O])[OH]. The Hall–Kier alpha value is 2.40. The van der Waals surface area contributed by atoms with E-state index < -0.39 is 15.4 Å². The molecule has 0 radical (unpaired) electrons. The predicted octanol–water partition coefficient (Wildman–Crippen LogP) is -2.36. The molecule has 0 unspecified atom stereocenters. The van der Waals surface area contributed by atoms with Gasteiger partial charge < -0.3 is 0 Å². The van der Waals surface area contributed by atoms with Crippen molar-refractivity contribution in [1.29, 1.82) is 0 Å². The summed E-state index contributed by atoms with van der Waals surface area (Å²) >= 11 is -3.69. The van der Waals surface area contributed by atoms with Crippen LogP contribution in [0.4, 0.5) is 0 Å². The topological polar surface area (TPSA) is 54.4 Å². The van der Waals surface area contributed by atoms with Crippen molar-refractivity contribution in [3.63, 3.8) is 0 Å². The summed E-state index contributed by atoms with van der Waals surface area (Å²) < 4.78 is 24.4. The molecule has 0 atom stereocenters. The maximum absolute atomic E-state index is 8.67. The van der Waals surface area contributed by atoms with Crippen LogP contribution in [0.1, 0.15) is 0 Å². The molecule has 0 aromatic carbocycles. The van der Waals surface area contributed by atoms with Crippen LogP contribution in [-0.2, 0) is 22.7 Å². The minimum absolute atomic E-state index is 0. The van der Waals surface area contributed by atoms with Crippen molar-refractivity contribution in [3.8, 4) is 0 Å². The summed E-state index contributed by atoms with van der Waals surface area (Å²) in [6.07, 6.45) is 0. The minimum atomic E-state index is -3.69. The van der Waals surface area contributed by atoms with Gasteiger partial charge in [0.05, 0.1) is 0 Å². The van der Waals surface area contributed by atoms with Gasteiger partial charge in [0, 0.05) is 0 Å². The molecule has 0 aliphatic carbocycles. The van der Waals surface area contributed by atoms with Gasteiger partial charge in [-0.15, -0.1) is 0 Å². The summed E-state index contributed by atoms with van der Waals surface area (Å²) in [7, 11) is 0. The zero-order valence-electron chi connectivity index (χ0n) is 1.71. The van der Waals surface area contributed by atoms with E-state index in [1.807, 2.05) is 0 Å². The first-order valence-corrected chi connectivity index (χ1v) is 2.33. The second-order valence-corrected chi connectivity index (χ2v) is 0.981. The summed E-state index contributed by atoms with van der Waals surface area (Å²) in [6, 6.07) is 0. The second kappa shape index (κ2) is 10.4. The van der Waals surface area contributed by atoms with Gasteiger partial charge in [-0.05, 0) is 0 Å². The van der Waals surface area contributed by atoms with E-state index in [1.54, 1.807) is 0 Å². The first-order valence-electron chi connectivity index (χ1n) is 0.565. The monoisotopic (exact) mass is 166 g/mol. The van der Waals surface area contributed by atoms with E-state index in [0.717, 1.165) is 0 Å². The van der Waals surface area contributed by atoms with Gasteiger partial charge in [-0.2, -0.15) is 0 Å². The van der Waals surface area contributed by atoms with Gasteiger partial charge in [-0.25, -0.2) is 0 Å². The van der Waals surface area contributed by atoms with Crippen molar-refractivity contribution >= 4 is 67.3 Å². The molecule has 0 fully saturated rings. The molecule has 6 heteroatoms. The third-order valence-corrected chi connectivity index (χ3v) is 0. The molecule has 0 rings (SSSR count). The number of hydrogen-bond acceptors (Lipinski definition) is 2. The fourth-order valence-corrected chi connectivity index (χ4v) is 0. The molecule has 6 heavy (non-hydrogen) atoms. The molecule has 1 N–H and O–H groups in total. The zero-order chi connectivity index (χ0) is 3.58. The number of hydrogen-bond donors (Lipinski definition) is 1. The van der Waals surface area contributed by atoms with Crippen LogP contribution in [0, 0.1) is 0 Å². The Labute approximate surface area is 92.1 Å². The molecule has 0 bridgehead atoms. The first-order chi connectivity index (χ1) is 1.73. The standard InChI is InChI=1S/Ca.Na.H2O.2O.V.3H/h;;1H2;;;;;;/q;;;;;+1;;;/p-1. The van der Waals surface area contributed by atoms with Crippen molar-refractivity contribution in [2.75, 3.05) is 0 Å². The van der Waals surface area contributed by atoms with E-state index in [2.05, 4.69) is 0 Å². The molecule has 0 saturated heterocycles. The molecule has 0 heterocycles. The van der Waals surface area contributed by atoms with Crippen LogP contribution in [0.15, 0.2) is 0 Å². The Morgan fingerprint density at radius 1 is 1.33 bits per heavy atom. The Morgan fingerprint density at radius 3 is 1.33 bits per heavy atom. The summed E-state index contributed by atoms with van der Waals surface area (Å²) in [5, 5.41) is 0. The fourth-order valence-electron chi connectivity index (χ4n) is 0. The molecule has 0 aromatic heterocycles. The summed E-state index contributed by atoms with van der Waals surface area (Å²) in [5.74, 6) is 0. The van der Waals surface area contributed by atoms with Crippen LogP contribution in [0.25, 0.3) is 0 Å². The molecular formula is H4CaNaO3V. The van der Waals surface area contributed by atoms with E-state index in [-0.39, 0.29) is 67.3 Å². The van der Waals surface area contributed by atoms with Crippen LogP contribution >= 0.6 is 0 Å². The maximum atomic E-state index is 8.67. The first kappa shape index (κ1) is 15.8. The van der Waals surface area contributed by atoms with Crippen molar-refractivity contribution in [1.82, 2.24) is 0 Å². The zero-order valence-corrected chi connectivity index (χ0v) is 3.11. The van der Waals surface area contributed by atoms with Crippen molar-refractivity contribution in [3.05, 3.63) is 0 Å². The van der Waals surface area contributed by atoms with Crippen LogP contribution in [0.5, 0.6) is 0 Å². The van der Waals surface area contributed by atoms with Crippen LogP contribution in [0.2, 0.25) is 0 Å². The van der Waals surface area contributed by atoms with Crippen molar-refractivity contribution in [2.24, 2.45) is 0 Å². The quantitative estimate of drug-likeness (QED) is 0.409. The van der Waals surface area contributed by atoms with Crippen LogP contribution in [-0.4, -0.2) is 71.3 Å². The molecule has 0 amide bonds. The Bertz CT molecular complexity index is 59.2. The summed E-state index contributed by atoms with van der Waals surface area (Å²) in [5.41, 5.74) is 0. The van der Waals surface area contributed by atoms with E-state index in [4.69, 9.17) is 11.4 Å². The van der Waals surface area contributed by atoms with E-state index in [1.165, 1.54) is 0 Å². The fraction of sp³-hybridized carbons (Fsp3) is 0. The van der Waals surface area contributed by atoms with E-state index in [0.29, 0.717) is 0 Å². The van der Waals surface area contributed by atoms with Gasteiger partial charge in [-0.1, -0.05) is 0 Å². The van der Waals surface area contributed by atoms with Crippen molar-refractivity contribution < 1.29 is 26.8 Å². The van der Waals surface area contributed by atoms with Gasteiger partial charge in [0.15, 0.2) is 0 Å². The summed E-state index contributed by atoms with van der Waals surface area (Å²) in [6.45, 7) is 0.